The van der Waals surface area contributed by atoms with Crippen molar-refractivity contribution in [1.29, 1.82) is 0 Å². The average Bonchev–Trinajstić information content (AvgIpc) is 3.09. The summed E-state index contributed by atoms with van der Waals surface area (Å²) in [6, 6.07) is 8.29. The highest BCUT2D eigenvalue weighted by Crippen LogP contribution is 2.33. The molecule has 1 aromatic carbocycles. The molecule has 8 heteroatoms. The van der Waals surface area contributed by atoms with Crippen LogP contribution in [0.1, 0.15) is 30.0 Å². The molecule has 0 saturated carbocycles. The summed E-state index contributed by atoms with van der Waals surface area (Å²) in [4.78, 5) is 14.1. The summed E-state index contributed by atoms with van der Waals surface area (Å²) in [5.74, 6) is -0.0405. The fourth-order valence-electron chi connectivity index (χ4n) is 3.31. The molecule has 2 N–H and O–H groups in total. The van der Waals surface area contributed by atoms with Gasteiger partial charge >= 0.3 is 0 Å². The lowest BCUT2D eigenvalue weighted by Crippen LogP contribution is -2.44. The molecule has 0 radical (unpaired) electrons. The number of piperidine rings is 1. The average molecular weight is 376 g/mol. The molecule has 1 saturated heterocycles. The minimum Gasteiger partial charge on any atom is -0.341 e. The molecule has 140 valence electrons. The monoisotopic (exact) mass is 376 g/mol. The molecule has 7 nitrogen and oxygen atoms in total. The number of aromatic amines is 1. The van der Waals surface area contributed by atoms with Crippen LogP contribution >= 0.6 is 0 Å². The molecule has 1 atom stereocenters. The highest BCUT2D eigenvalue weighted by molar-refractivity contribution is 7.88. The summed E-state index contributed by atoms with van der Waals surface area (Å²) in [5.41, 5.74) is 4.38. The van der Waals surface area contributed by atoms with Crippen molar-refractivity contribution in [2.75, 3.05) is 25.9 Å². The number of amides is 1. The first-order chi connectivity index (χ1) is 12.3. The highest BCUT2D eigenvalue weighted by Gasteiger charge is 2.27. The summed E-state index contributed by atoms with van der Waals surface area (Å²) in [7, 11) is -3.37. The number of nitrogens with one attached hydrogen (secondary N) is 2. The lowest BCUT2D eigenvalue weighted by molar-refractivity contribution is -0.131. The van der Waals surface area contributed by atoms with E-state index in [0.717, 1.165) is 35.9 Å². The molecular weight excluding hydrogens is 352 g/mol. The van der Waals surface area contributed by atoms with E-state index < -0.39 is 10.0 Å². The Balaban J connectivity index is 1.73. The Kier molecular flexibility index (Phi) is 5.43. The number of hydrogen-bond acceptors (Lipinski definition) is 4. The lowest BCUT2D eigenvalue weighted by atomic mass is 9.90. The van der Waals surface area contributed by atoms with Gasteiger partial charge < -0.3 is 4.90 Å². The molecule has 26 heavy (non-hydrogen) atoms. The van der Waals surface area contributed by atoms with Gasteiger partial charge in [-0.05, 0) is 25.3 Å². The summed E-state index contributed by atoms with van der Waals surface area (Å²) in [6.07, 6.45) is 4.72. The van der Waals surface area contributed by atoms with E-state index in [9.17, 15) is 13.2 Å². The van der Waals surface area contributed by atoms with E-state index >= 15 is 0 Å². The van der Waals surface area contributed by atoms with Gasteiger partial charge in [0, 0.05) is 30.3 Å². The number of aryl methyl sites for hydroxylation is 1. The van der Waals surface area contributed by atoms with Crippen LogP contribution in [0.25, 0.3) is 11.1 Å². The van der Waals surface area contributed by atoms with Crippen molar-refractivity contribution in [3.8, 4) is 11.1 Å². The second-order valence-electron chi connectivity index (χ2n) is 6.84. The van der Waals surface area contributed by atoms with Gasteiger partial charge in [-0.1, -0.05) is 29.8 Å². The Labute approximate surface area is 153 Å². The van der Waals surface area contributed by atoms with E-state index in [4.69, 9.17) is 0 Å². The number of hydrogen-bond donors (Lipinski definition) is 2. The summed E-state index contributed by atoms with van der Waals surface area (Å²) in [5, 5.41) is 7.32. The third kappa shape index (κ3) is 4.50. The molecule has 1 aliphatic heterocycles. The second-order valence-corrected chi connectivity index (χ2v) is 8.67. The molecule has 0 spiro atoms. The van der Waals surface area contributed by atoms with Crippen LogP contribution in [0.15, 0.2) is 30.5 Å². The Hall–Kier alpha value is -2.19. The molecule has 2 heterocycles. The van der Waals surface area contributed by atoms with Crippen LogP contribution < -0.4 is 4.72 Å². The van der Waals surface area contributed by atoms with Gasteiger partial charge in [0.15, 0.2) is 0 Å². The minimum absolute atomic E-state index is 0.157. The van der Waals surface area contributed by atoms with Crippen molar-refractivity contribution in [3.05, 3.63) is 41.7 Å². The zero-order valence-electron chi connectivity index (χ0n) is 15.0. The predicted octanol–water partition coefficient (Wildman–Crippen LogP) is 1.64. The SMILES string of the molecule is Cc1ccc(-c2cn[nH]c2C2CCCN(C(=O)CNS(C)(=O)=O)C2)cc1. The van der Waals surface area contributed by atoms with Crippen molar-refractivity contribution >= 4 is 15.9 Å². The number of sulfonamides is 1. The van der Waals surface area contributed by atoms with Gasteiger partial charge in [-0.3, -0.25) is 9.89 Å². The highest BCUT2D eigenvalue weighted by atomic mass is 32.2. The smallest absolute Gasteiger partial charge is 0.237 e. The normalized spacial score (nSPS) is 18.1. The fraction of sp³-hybridized carbons (Fsp3) is 0.444. The van der Waals surface area contributed by atoms with Crippen LogP contribution in [-0.2, 0) is 14.8 Å². The van der Waals surface area contributed by atoms with E-state index in [1.807, 2.05) is 6.20 Å². The van der Waals surface area contributed by atoms with Gasteiger partial charge in [-0.15, -0.1) is 0 Å². The van der Waals surface area contributed by atoms with Crippen LogP contribution in [0.5, 0.6) is 0 Å². The Morgan fingerprint density at radius 2 is 2.08 bits per heavy atom. The predicted molar refractivity (Wildman–Crippen MR) is 100 cm³/mol. The van der Waals surface area contributed by atoms with Crippen LogP contribution in [0.3, 0.4) is 0 Å². The van der Waals surface area contributed by atoms with Crippen molar-refractivity contribution in [1.82, 2.24) is 19.8 Å². The van der Waals surface area contributed by atoms with Gasteiger partial charge in [-0.2, -0.15) is 5.10 Å². The Morgan fingerprint density at radius 3 is 2.77 bits per heavy atom. The Bertz CT molecular complexity index is 874. The maximum atomic E-state index is 12.3. The van der Waals surface area contributed by atoms with Gasteiger partial charge in [0.25, 0.3) is 0 Å². The number of carbonyl (C=O) groups is 1. The maximum Gasteiger partial charge on any atom is 0.237 e. The number of nitrogens with zero attached hydrogens (tertiary/aromatic N) is 2. The molecule has 1 aromatic heterocycles. The zero-order chi connectivity index (χ0) is 18.7. The molecule has 0 bridgehead atoms. The first-order valence-electron chi connectivity index (χ1n) is 8.66. The van der Waals surface area contributed by atoms with Crippen molar-refractivity contribution in [2.24, 2.45) is 0 Å². The molecule has 1 unspecified atom stereocenters. The molecular formula is C18H24N4O3S. The van der Waals surface area contributed by atoms with E-state index in [-0.39, 0.29) is 18.4 Å². The topological polar surface area (TPSA) is 95.2 Å². The number of carbonyl (C=O) groups excluding carboxylic acids is 1. The van der Waals surface area contributed by atoms with Gasteiger partial charge in [0.2, 0.25) is 15.9 Å². The number of aromatic nitrogens is 2. The van der Waals surface area contributed by atoms with E-state index in [1.54, 1.807) is 4.90 Å². The van der Waals surface area contributed by atoms with Crippen LogP contribution in [0.4, 0.5) is 0 Å². The quantitative estimate of drug-likeness (QED) is 0.829. The van der Waals surface area contributed by atoms with Crippen molar-refractivity contribution in [3.63, 3.8) is 0 Å². The Morgan fingerprint density at radius 1 is 1.35 bits per heavy atom. The first kappa shape index (κ1) is 18.6. The zero-order valence-corrected chi connectivity index (χ0v) is 15.8. The van der Waals surface area contributed by atoms with E-state index in [1.165, 1.54) is 5.56 Å². The standard InChI is InChI=1S/C18H24N4O3S/c1-13-5-7-14(8-6-13)16-10-19-21-18(16)15-4-3-9-22(12-15)17(23)11-20-26(2,24)25/h5-8,10,15,20H,3-4,9,11-12H2,1-2H3,(H,19,21). The van der Waals surface area contributed by atoms with E-state index in [2.05, 4.69) is 46.1 Å². The molecule has 0 aliphatic carbocycles. The number of rotatable bonds is 5. The van der Waals surface area contributed by atoms with Gasteiger partial charge in [-0.25, -0.2) is 13.1 Å². The van der Waals surface area contributed by atoms with Crippen LogP contribution in [0, 0.1) is 6.92 Å². The van der Waals surface area contributed by atoms with Crippen molar-refractivity contribution < 1.29 is 13.2 Å². The first-order valence-corrected chi connectivity index (χ1v) is 10.6. The van der Waals surface area contributed by atoms with Gasteiger partial charge in [0.1, 0.15) is 0 Å². The fourth-order valence-corrected chi connectivity index (χ4v) is 3.70. The summed E-state index contributed by atoms with van der Waals surface area (Å²) >= 11 is 0. The second kappa shape index (κ2) is 7.59. The van der Waals surface area contributed by atoms with Crippen LogP contribution in [0.2, 0.25) is 0 Å². The largest absolute Gasteiger partial charge is 0.341 e. The minimum atomic E-state index is -3.37. The van der Waals surface area contributed by atoms with Crippen molar-refractivity contribution in [2.45, 2.75) is 25.7 Å². The molecule has 1 amide bonds. The maximum absolute atomic E-state index is 12.3. The van der Waals surface area contributed by atoms with E-state index in [0.29, 0.717) is 13.1 Å². The molecule has 3 rings (SSSR count). The summed E-state index contributed by atoms with van der Waals surface area (Å²) in [6.45, 7) is 3.06. The number of H-pyrrole nitrogens is 1. The third-order valence-electron chi connectivity index (χ3n) is 4.70. The van der Waals surface area contributed by atoms with Crippen LogP contribution in [-0.4, -0.2) is 55.3 Å². The van der Waals surface area contributed by atoms with Gasteiger partial charge in [0.05, 0.1) is 19.0 Å². The number of benzene rings is 1. The summed E-state index contributed by atoms with van der Waals surface area (Å²) < 4.78 is 24.7. The lowest BCUT2D eigenvalue weighted by Gasteiger charge is -2.32. The number of likely N-dealkylation sites (tertiary alicyclic amines) is 1. The molecule has 1 aliphatic rings. The molecule has 2 aromatic rings. The third-order valence-corrected chi connectivity index (χ3v) is 5.37. The molecule has 1 fully saturated rings.